The van der Waals surface area contributed by atoms with Gasteiger partial charge in [0.05, 0.1) is 5.69 Å². The molecular weight excluding hydrogens is 366 g/mol. The van der Waals surface area contributed by atoms with Crippen LogP contribution in [0, 0.1) is 0 Å². The van der Waals surface area contributed by atoms with Crippen LogP contribution < -0.4 is 21.9 Å². The van der Waals surface area contributed by atoms with Gasteiger partial charge in [-0.3, -0.25) is 4.79 Å². The van der Waals surface area contributed by atoms with E-state index < -0.39 is 0 Å². The van der Waals surface area contributed by atoms with Crippen molar-refractivity contribution in [2.75, 3.05) is 29.5 Å². The van der Waals surface area contributed by atoms with E-state index in [1.807, 2.05) is 30.3 Å². The third-order valence-corrected chi connectivity index (χ3v) is 6.21. The van der Waals surface area contributed by atoms with Gasteiger partial charge in [-0.2, -0.15) is 9.97 Å². The number of H-pyrrole nitrogens is 1. The van der Waals surface area contributed by atoms with E-state index in [1.165, 1.54) is 0 Å². The molecule has 8 heteroatoms. The first-order valence-electron chi connectivity index (χ1n) is 9.88. The van der Waals surface area contributed by atoms with Crippen LogP contribution in [0.5, 0.6) is 0 Å². The van der Waals surface area contributed by atoms with Gasteiger partial charge in [0.25, 0.3) is 5.56 Å². The number of benzene rings is 1. The Bertz CT molecular complexity index is 1100. The third-order valence-electron chi connectivity index (χ3n) is 6.21. The minimum absolute atomic E-state index is 0.00972. The topological polar surface area (TPSA) is 127 Å². The van der Waals surface area contributed by atoms with Gasteiger partial charge in [0.15, 0.2) is 0 Å². The molecule has 0 bridgehead atoms. The molecule has 1 aromatic carbocycles. The molecule has 0 unspecified atom stereocenters. The number of anilines is 3. The number of piperidine rings is 1. The van der Waals surface area contributed by atoms with Gasteiger partial charge in [0, 0.05) is 35.7 Å². The minimum Gasteiger partial charge on any atom is -0.383 e. The van der Waals surface area contributed by atoms with Crippen LogP contribution in [0.25, 0.3) is 11.4 Å². The van der Waals surface area contributed by atoms with Gasteiger partial charge < -0.3 is 21.4 Å². The summed E-state index contributed by atoms with van der Waals surface area (Å²) in [5.41, 5.74) is 14.3. The van der Waals surface area contributed by atoms with Crippen molar-refractivity contribution in [3.05, 3.63) is 58.0 Å². The first-order chi connectivity index (χ1) is 14.0. The minimum atomic E-state index is -0.0618. The zero-order chi connectivity index (χ0) is 20.0. The van der Waals surface area contributed by atoms with Crippen LogP contribution in [-0.4, -0.2) is 33.0 Å². The zero-order valence-electron chi connectivity index (χ0n) is 16.1. The fraction of sp³-hybridized carbons (Fsp3) is 0.333. The van der Waals surface area contributed by atoms with Gasteiger partial charge in [-0.1, -0.05) is 30.3 Å². The molecule has 0 saturated carbocycles. The van der Waals surface area contributed by atoms with Crippen molar-refractivity contribution in [3.63, 3.8) is 0 Å². The highest BCUT2D eigenvalue weighted by Crippen LogP contribution is 2.45. The summed E-state index contributed by atoms with van der Waals surface area (Å²) in [6.07, 6.45) is 3.56. The molecule has 1 aliphatic heterocycles. The van der Waals surface area contributed by atoms with Crippen LogP contribution in [0.4, 0.5) is 17.6 Å². The second kappa shape index (κ2) is 6.58. The summed E-state index contributed by atoms with van der Waals surface area (Å²) in [7, 11) is 0. The lowest BCUT2D eigenvalue weighted by atomic mass is 9.76. The molecule has 3 aromatic rings. The summed E-state index contributed by atoms with van der Waals surface area (Å²) in [5.74, 6) is 1.97. The van der Waals surface area contributed by atoms with Crippen LogP contribution in [-0.2, 0) is 11.8 Å². The summed E-state index contributed by atoms with van der Waals surface area (Å²) >= 11 is 0. The molecule has 2 aliphatic rings. The van der Waals surface area contributed by atoms with E-state index in [-0.39, 0.29) is 16.9 Å². The van der Waals surface area contributed by atoms with E-state index in [1.54, 1.807) is 6.07 Å². The number of nitrogens with zero attached hydrogens (tertiary/aromatic N) is 4. The second-order valence-corrected chi connectivity index (χ2v) is 7.88. The average Bonchev–Trinajstić information content (AvgIpc) is 3.07. The lowest BCUT2D eigenvalue weighted by Crippen LogP contribution is -2.42. The first-order valence-corrected chi connectivity index (χ1v) is 9.88. The molecule has 3 heterocycles. The van der Waals surface area contributed by atoms with E-state index in [0.29, 0.717) is 11.6 Å². The van der Waals surface area contributed by atoms with Gasteiger partial charge in [-0.15, -0.1) is 0 Å². The number of rotatable bonds is 2. The number of nitrogens with two attached hydrogens (primary N) is 2. The SMILES string of the molecule is Nc1cc(N2CCC3(CCc4c3nc(-c3ccccc3)[nH]c4=O)CC2)nc(N)n1. The highest BCUT2D eigenvalue weighted by molar-refractivity contribution is 5.56. The predicted octanol–water partition coefficient (Wildman–Crippen LogP) is 1.88. The standard InChI is InChI=1S/C21H23N7O/c22-15-12-16(25-20(23)24-15)28-10-8-21(9-11-28)7-6-14-17(21)26-18(27-19(14)29)13-4-2-1-3-5-13/h1-5,12H,6-11H2,(H,26,27,29)(H4,22,23,24,25). The van der Waals surface area contributed by atoms with Crippen LogP contribution in [0.2, 0.25) is 0 Å². The summed E-state index contributed by atoms with van der Waals surface area (Å²) in [6.45, 7) is 1.62. The number of aromatic nitrogens is 4. The Balaban J connectivity index is 1.46. The maximum atomic E-state index is 12.7. The van der Waals surface area contributed by atoms with Crippen molar-refractivity contribution in [3.8, 4) is 11.4 Å². The quantitative estimate of drug-likeness (QED) is 0.610. The monoisotopic (exact) mass is 389 g/mol. The van der Waals surface area contributed by atoms with Crippen LogP contribution in [0.1, 0.15) is 30.5 Å². The highest BCUT2D eigenvalue weighted by Gasteiger charge is 2.44. The van der Waals surface area contributed by atoms with Gasteiger partial charge in [-0.25, -0.2) is 4.98 Å². The lowest BCUT2D eigenvalue weighted by Gasteiger charge is -2.40. The number of hydrogen-bond acceptors (Lipinski definition) is 7. The van der Waals surface area contributed by atoms with Gasteiger partial charge in [0.1, 0.15) is 17.5 Å². The van der Waals surface area contributed by atoms with Crippen molar-refractivity contribution in [1.82, 2.24) is 19.9 Å². The molecule has 0 radical (unpaired) electrons. The number of nitrogen functional groups attached to an aromatic ring is 2. The van der Waals surface area contributed by atoms with Crippen molar-refractivity contribution in [2.24, 2.45) is 0 Å². The molecule has 0 amide bonds. The Morgan fingerprint density at radius 2 is 1.76 bits per heavy atom. The molecule has 148 valence electrons. The van der Waals surface area contributed by atoms with Crippen LogP contribution in [0.3, 0.4) is 0 Å². The number of hydrogen-bond donors (Lipinski definition) is 3. The summed E-state index contributed by atoms with van der Waals surface area (Å²) in [4.78, 5) is 31.1. The largest absolute Gasteiger partial charge is 0.383 e. The normalized spacial score (nSPS) is 17.4. The van der Waals surface area contributed by atoms with E-state index in [0.717, 1.165) is 61.4 Å². The molecule has 29 heavy (non-hydrogen) atoms. The van der Waals surface area contributed by atoms with Gasteiger partial charge in [-0.05, 0) is 25.7 Å². The number of aromatic amines is 1. The number of nitrogens with one attached hydrogen (secondary N) is 1. The molecule has 8 nitrogen and oxygen atoms in total. The second-order valence-electron chi connectivity index (χ2n) is 7.88. The fourth-order valence-electron chi connectivity index (χ4n) is 4.67. The highest BCUT2D eigenvalue weighted by atomic mass is 16.1. The Labute approximate surface area is 168 Å². The van der Waals surface area contributed by atoms with Gasteiger partial charge in [0.2, 0.25) is 5.95 Å². The average molecular weight is 389 g/mol. The Morgan fingerprint density at radius 1 is 1.00 bits per heavy atom. The predicted molar refractivity (Wildman–Crippen MR) is 113 cm³/mol. The Hall–Kier alpha value is -3.42. The summed E-state index contributed by atoms with van der Waals surface area (Å²) in [6, 6.07) is 11.6. The molecule has 1 saturated heterocycles. The van der Waals surface area contributed by atoms with Crippen LogP contribution in [0.15, 0.2) is 41.2 Å². The van der Waals surface area contributed by atoms with Crippen LogP contribution >= 0.6 is 0 Å². The van der Waals surface area contributed by atoms with E-state index in [2.05, 4.69) is 19.9 Å². The maximum absolute atomic E-state index is 12.7. The zero-order valence-corrected chi connectivity index (χ0v) is 16.1. The summed E-state index contributed by atoms with van der Waals surface area (Å²) < 4.78 is 0. The lowest BCUT2D eigenvalue weighted by molar-refractivity contribution is 0.322. The van der Waals surface area contributed by atoms with E-state index in [4.69, 9.17) is 16.5 Å². The molecule has 1 fully saturated rings. The molecule has 5 rings (SSSR count). The molecule has 2 aromatic heterocycles. The molecule has 1 aliphatic carbocycles. The Morgan fingerprint density at radius 3 is 2.48 bits per heavy atom. The smallest absolute Gasteiger partial charge is 0.254 e. The fourth-order valence-corrected chi connectivity index (χ4v) is 4.67. The molecular formula is C21H23N7O. The summed E-state index contributed by atoms with van der Waals surface area (Å²) in [5, 5.41) is 0. The third kappa shape index (κ3) is 3.00. The van der Waals surface area contributed by atoms with Gasteiger partial charge >= 0.3 is 0 Å². The maximum Gasteiger partial charge on any atom is 0.254 e. The van der Waals surface area contributed by atoms with E-state index in [9.17, 15) is 4.79 Å². The van der Waals surface area contributed by atoms with Crippen molar-refractivity contribution < 1.29 is 0 Å². The van der Waals surface area contributed by atoms with Crippen molar-refractivity contribution in [2.45, 2.75) is 31.1 Å². The Kier molecular flexibility index (Phi) is 4.01. The van der Waals surface area contributed by atoms with Crippen molar-refractivity contribution in [1.29, 1.82) is 0 Å². The number of fused-ring (bicyclic) bond motifs is 2. The van der Waals surface area contributed by atoms with Crippen molar-refractivity contribution >= 4 is 17.6 Å². The van der Waals surface area contributed by atoms with E-state index >= 15 is 0 Å². The molecule has 0 atom stereocenters. The molecule has 5 N–H and O–H groups in total. The first kappa shape index (κ1) is 17.7. The molecule has 1 spiro atoms.